The van der Waals surface area contributed by atoms with Gasteiger partial charge in [-0.15, -0.1) is 0 Å². The molecule has 1 aromatic carbocycles. The first-order valence-corrected chi connectivity index (χ1v) is 25.1. The van der Waals surface area contributed by atoms with Gasteiger partial charge in [-0.2, -0.15) is 8.42 Å². The molecule has 0 saturated carbocycles. The van der Waals surface area contributed by atoms with E-state index in [2.05, 4.69) is 10.6 Å². The highest BCUT2D eigenvalue weighted by Crippen LogP contribution is 2.49. The summed E-state index contributed by atoms with van der Waals surface area (Å²) in [6.45, 7) is 14.5. The predicted octanol–water partition coefficient (Wildman–Crippen LogP) is 5.77. The average Bonchev–Trinajstić information content (AvgIpc) is 3.90. The monoisotopic (exact) mass is 958 g/mol. The van der Waals surface area contributed by atoms with Gasteiger partial charge in [0.05, 0.1) is 23.2 Å². The fourth-order valence-electron chi connectivity index (χ4n) is 7.72. The second-order valence-electron chi connectivity index (χ2n) is 17.7. The number of nitrogens with one attached hydrogen (secondary N) is 2. The SMILES string of the molecule is CNC(=O)C(CCSSC(C)(C)CCC(=O)N(C)[C@@H](C)C(=O)O[C@H]1CC(=O)N(C)c2cc(cc(C)c2Cl)C/C(C)=C/C=C/[C@@H](C)[C@@]2(O)C[C@H](OC(=O)N2)[C@@H](C)[C@@H]2O[C@@]12C)S(=O)(=O)O. The van der Waals surface area contributed by atoms with E-state index < -0.39 is 91.5 Å². The van der Waals surface area contributed by atoms with Crippen LogP contribution in [0.4, 0.5) is 10.5 Å². The molecule has 4 bridgehead atoms. The van der Waals surface area contributed by atoms with Gasteiger partial charge >= 0.3 is 12.1 Å². The van der Waals surface area contributed by atoms with E-state index in [0.717, 1.165) is 16.7 Å². The van der Waals surface area contributed by atoms with Crippen LogP contribution in [0.15, 0.2) is 35.9 Å². The number of alkyl carbamates (subject to hydrolysis) is 1. The zero-order chi connectivity index (χ0) is 47.4. The minimum atomic E-state index is -4.58. The van der Waals surface area contributed by atoms with Crippen LogP contribution in [-0.2, 0) is 49.9 Å². The Morgan fingerprint density at radius 1 is 1.21 bits per heavy atom. The van der Waals surface area contributed by atoms with E-state index in [0.29, 0.717) is 23.6 Å². The number of hydrogen-bond acceptors (Lipinski definition) is 13. The number of nitrogens with zero attached hydrogens (tertiary/aromatic N) is 2. The second-order valence-corrected chi connectivity index (χ2v) is 22.8. The van der Waals surface area contributed by atoms with Gasteiger partial charge < -0.3 is 34.4 Å². The molecule has 0 aromatic heterocycles. The second kappa shape index (κ2) is 20.9. The lowest BCUT2D eigenvalue weighted by molar-refractivity contribution is -0.162. The van der Waals surface area contributed by atoms with Crippen molar-refractivity contribution in [1.82, 2.24) is 15.5 Å². The Kier molecular flexibility index (Phi) is 17.3. The molecule has 16 nitrogen and oxygen atoms in total. The quantitative estimate of drug-likeness (QED) is 0.0607. The van der Waals surface area contributed by atoms with Gasteiger partial charge in [-0.3, -0.25) is 24.3 Å². The van der Waals surface area contributed by atoms with Crippen molar-refractivity contribution < 1.29 is 56.3 Å². The number of hydrogen-bond donors (Lipinski definition) is 4. The number of rotatable bonds is 13. The smallest absolute Gasteiger partial charge is 0.409 e. The Balaban J connectivity index is 1.54. The third-order valence-corrected chi connectivity index (χ3v) is 17.3. The number of halogens is 1. The molecule has 9 atom stereocenters. The minimum Gasteiger partial charge on any atom is -0.457 e. The molecule has 63 heavy (non-hydrogen) atoms. The Hall–Kier alpha value is -3.33. The maximum Gasteiger partial charge on any atom is 0.409 e. The van der Waals surface area contributed by atoms with Gasteiger partial charge in [-0.1, -0.05) is 76.9 Å². The molecule has 352 valence electrons. The molecule has 4 N–H and O–H groups in total. The van der Waals surface area contributed by atoms with E-state index in [1.807, 2.05) is 65.0 Å². The van der Waals surface area contributed by atoms with Gasteiger partial charge in [0, 0.05) is 56.3 Å². The number of aliphatic hydroxyl groups is 1. The molecule has 0 radical (unpaired) electrons. The number of allylic oxidation sites excluding steroid dienone is 3. The number of benzene rings is 1. The molecule has 2 fully saturated rings. The first kappa shape index (κ1) is 52.3. The van der Waals surface area contributed by atoms with Crippen LogP contribution in [0.3, 0.4) is 0 Å². The first-order chi connectivity index (χ1) is 29.1. The molecular weight excluding hydrogens is 896 g/mol. The summed E-state index contributed by atoms with van der Waals surface area (Å²) in [5, 5.41) is 15.4. The van der Waals surface area contributed by atoms with Crippen LogP contribution in [0.1, 0.15) is 91.7 Å². The Morgan fingerprint density at radius 2 is 1.87 bits per heavy atom. The van der Waals surface area contributed by atoms with Gasteiger partial charge in [0.15, 0.2) is 5.25 Å². The number of likely N-dealkylation sites (N-methyl/N-ethyl adjacent to an activating group) is 1. The normalized spacial score (nSPS) is 29.1. The summed E-state index contributed by atoms with van der Waals surface area (Å²) in [6.07, 6.45) is 2.73. The van der Waals surface area contributed by atoms with Crippen LogP contribution < -0.4 is 15.5 Å². The Labute approximate surface area is 384 Å². The van der Waals surface area contributed by atoms with E-state index in [4.69, 9.17) is 25.8 Å². The summed E-state index contributed by atoms with van der Waals surface area (Å²) in [4.78, 5) is 69.3. The highest BCUT2D eigenvalue weighted by atomic mass is 35.5. The fourth-order valence-corrected chi connectivity index (χ4v) is 11.6. The van der Waals surface area contributed by atoms with Crippen LogP contribution in [0.25, 0.3) is 0 Å². The zero-order valence-electron chi connectivity index (χ0n) is 37.9. The van der Waals surface area contributed by atoms with Gasteiger partial charge in [-0.05, 0) is 78.0 Å². The number of carbonyl (C=O) groups excluding carboxylic acids is 5. The van der Waals surface area contributed by atoms with Crippen molar-refractivity contribution in [3.8, 4) is 0 Å². The lowest BCUT2D eigenvalue weighted by Gasteiger charge is -2.41. The van der Waals surface area contributed by atoms with Crippen molar-refractivity contribution in [2.75, 3.05) is 31.8 Å². The van der Waals surface area contributed by atoms with E-state index in [1.54, 1.807) is 20.9 Å². The van der Waals surface area contributed by atoms with Gasteiger partial charge in [-0.25, -0.2) is 9.59 Å². The van der Waals surface area contributed by atoms with Crippen LogP contribution in [-0.4, -0.2) is 125 Å². The topological polar surface area (TPSA) is 221 Å². The maximum atomic E-state index is 14.2. The minimum absolute atomic E-state index is 0.0317. The Bertz CT molecular complexity index is 2090. The largest absolute Gasteiger partial charge is 0.457 e. The van der Waals surface area contributed by atoms with Crippen molar-refractivity contribution >= 4 is 78.8 Å². The summed E-state index contributed by atoms with van der Waals surface area (Å²) in [5.74, 6) is -3.14. The third kappa shape index (κ3) is 13.2. The molecule has 20 heteroatoms. The zero-order valence-corrected chi connectivity index (χ0v) is 41.1. The summed E-state index contributed by atoms with van der Waals surface area (Å²) in [6, 6.07) is 2.72. The van der Waals surface area contributed by atoms with Crippen molar-refractivity contribution in [1.29, 1.82) is 0 Å². The highest BCUT2D eigenvalue weighted by Gasteiger charge is 2.64. The number of carbonyl (C=O) groups is 5. The van der Waals surface area contributed by atoms with Gasteiger partial charge in [0.2, 0.25) is 17.7 Å². The number of ether oxygens (including phenoxy) is 3. The lowest BCUT2D eigenvalue weighted by Crippen LogP contribution is -2.60. The molecular formula is C43H63ClN4O12S3. The number of aryl methyl sites for hydroxylation is 1. The molecule has 2 saturated heterocycles. The average molecular weight is 960 g/mol. The van der Waals surface area contributed by atoms with Crippen LogP contribution in [0.5, 0.6) is 0 Å². The van der Waals surface area contributed by atoms with Crippen LogP contribution in [0, 0.1) is 18.8 Å². The number of esters is 1. The molecule has 3 aliphatic rings. The van der Waals surface area contributed by atoms with Crippen molar-refractivity contribution in [3.63, 3.8) is 0 Å². The first-order valence-electron chi connectivity index (χ1n) is 20.9. The summed E-state index contributed by atoms with van der Waals surface area (Å²) in [7, 11) is 2.50. The molecule has 3 heterocycles. The van der Waals surface area contributed by atoms with Gasteiger partial charge in [0.25, 0.3) is 10.1 Å². The summed E-state index contributed by atoms with van der Waals surface area (Å²) < 4.78 is 50.5. The molecule has 4 rings (SSSR count). The highest BCUT2D eigenvalue weighted by molar-refractivity contribution is 8.77. The fraction of sp³-hybridized carbons (Fsp3) is 0.651. The van der Waals surface area contributed by atoms with Crippen molar-refractivity contribution in [3.05, 3.63) is 52.1 Å². The standard InChI is InChI=1S/C43H63ClN4O12S3/c1-24-13-12-14-26(3)43(54)23-31(58-40(53)46-43)27(4)37-42(8,60-37)33(22-35(50)48(11)30-21-29(19-24)20-25(2)36(30)44)59-39(52)28(5)47(10)34(49)15-17-41(6,7)62-61-18-16-32(38(51)45-9)63(55,56)57/h12-14,20-21,26-28,31-33,37,54H,15-19,22-23H2,1-11H3,(H,45,51)(H,46,53)(H,55,56,57)/b14-12+,24-13+/t26-,27-,28+,31+,32?,33+,37+,42+,43+/m1/s1. The molecule has 1 unspecified atom stereocenters. The van der Waals surface area contributed by atoms with E-state index in [1.165, 1.54) is 52.4 Å². The lowest BCUT2D eigenvalue weighted by atomic mass is 9.82. The predicted molar refractivity (Wildman–Crippen MR) is 245 cm³/mol. The van der Waals surface area contributed by atoms with Crippen molar-refractivity contribution in [2.45, 2.75) is 140 Å². The molecule has 1 aromatic rings. The van der Waals surface area contributed by atoms with Crippen LogP contribution in [0.2, 0.25) is 5.02 Å². The van der Waals surface area contributed by atoms with Gasteiger partial charge in [0.1, 0.15) is 29.6 Å². The maximum absolute atomic E-state index is 14.2. The van der Waals surface area contributed by atoms with E-state index in [9.17, 15) is 42.0 Å². The van der Waals surface area contributed by atoms with Crippen LogP contribution >= 0.6 is 33.2 Å². The van der Waals surface area contributed by atoms with E-state index >= 15 is 0 Å². The van der Waals surface area contributed by atoms with Crippen molar-refractivity contribution in [2.24, 2.45) is 11.8 Å². The van der Waals surface area contributed by atoms with E-state index in [-0.39, 0.29) is 37.3 Å². The number of epoxide rings is 1. The third-order valence-electron chi connectivity index (χ3n) is 12.2. The Morgan fingerprint density at radius 3 is 2.51 bits per heavy atom. The summed E-state index contributed by atoms with van der Waals surface area (Å²) >= 11 is 6.80. The molecule has 3 aliphatic heterocycles. The summed E-state index contributed by atoms with van der Waals surface area (Å²) in [5.41, 5.74) is 0.258. The number of amides is 4. The molecule has 0 aliphatic carbocycles. The molecule has 4 amide bonds. The number of anilines is 1. The number of fused-ring (bicyclic) bond motifs is 5. The molecule has 0 spiro atoms.